The quantitative estimate of drug-likeness (QED) is 0.857. The molecule has 1 saturated heterocycles. The fourth-order valence-corrected chi connectivity index (χ4v) is 3.38. The minimum Gasteiger partial charge on any atom is -0.305 e. The lowest BCUT2D eigenvalue weighted by atomic mass is 10.2. The predicted molar refractivity (Wildman–Crippen MR) is 79.7 cm³/mol. The monoisotopic (exact) mass is 276 g/mol. The summed E-state index contributed by atoms with van der Waals surface area (Å²) in [6.45, 7) is 5.89. The number of hydrogen-bond acceptors (Lipinski definition) is 5. The van der Waals surface area contributed by atoms with Crippen LogP contribution in [0.2, 0.25) is 0 Å². The summed E-state index contributed by atoms with van der Waals surface area (Å²) in [4.78, 5) is 14.9. The maximum atomic E-state index is 4.46. The first kappa shape index (κ1) is 13.0. The summed E-state index contributed by atoms with van der Waals surface area (Å²) in [6, 6.07) is 2.14. The van der Waals surface area contributed by atoms with Gasteiger partial charge in [0.2, 0.25) is 0 Å². The zero-order chi connectivity index (χ0) is 13.1. The van der Waals surface area contributed by atoms with Crippen LogP contribution in [-0.4, -0.2) is 59.5 Å². The van der Waals surface area contributed by atoms with Crippen molar-refractivity contribution in [2.75, 3.05) is 39.8 Å². The van der Waals surface area contributed by atoms with Gasteiger partial charge >= 0.3 is 0 Å². The van der Waals surface area contributed by atoms with Gasteiger partial charge in [0.1, 0.15) is 11.2 Å². The highest BCUT2D eigenvalue weighted by atomic mass is 32.1. The smallest absolute Gasteiger partial charge is 0.126 e. The molecule has 1 fully saturated rings. The Morgan fingerprint density at radius 1 is 1.21 bits per heavy atom. The number of fused-ring (bicyclic) bond motifs is 1. The number of hydrogen-bond donors (Lipinski definition) is 0. The predicted octanol–water partition coefficient (Wildman–Crippen LogP) is 1.87. The third-order valence-electron chi connectivity index (χ3n) is 3.82. The molecular formula is C14H20N4S. The Balaban J connectivity index is 1.64. The van der Waals surface area contributed by atoms with Gasteiger partial charge in [-0.25, -0.2) is 9.97 Å². The van der Waals surface area contributed by atoms with E-state index in [2.05, 4.69) is 38.3 Å². The largest absolute Gasteiger partial charge is 0.305 e. The second-order valence-electron chi connectivity index (χ2n) is 5.21. The number of nitrogens with zero attached hydrogens (tertiary/aromatic N) is 4. The molecular weight excluding hydrogens is 256 g/mol. The summed E-state index contributed by atoms with van der Waals surface area (Å²) >= 11 is 1.70. The molecule has 0 radical (unpaired) electrons. The minimum atomic E-state index is 1.03. The van der Waals surface area contributed by atoms with Crippen molar-refractivity contribution in [2.45, 2.75) is 12.8 Å². The van der Waals surface area contributed by atoms with Crippen LogP contribution < -0.4 is 0 Å². The molecule has 102 valence electrons. The Morgan fingerprint density at radius 2 is 2.16 bits per heavy atom. The lowest BCUT2D eigenvalue weighted by molar-refractivity contribution is 0.279. The van der Waals surface area contributed by atoms with Crippen molar-refractivity contribution >= 4 is 21.6 Å². The van der Waals surface area contributed by atoms with Crippen LogP contribution >= 0.6 is 11.3 Å². The van der Waals surface area contributed by atoms with Crippen molar-refractivity contribution in [3.05, 3.63) is 23.5 Å². The van der Waals surface area contributed by atoms with Crippen molar-refractivity contribution in [3.8, 4) is 0 Å². The van der Waals surface area contributed by atoms with Crippen molar-refractivity contribution < 1.29 is 0 Å². The fraction of sp³-hybridized carbons (Fsp3) is 0.571. The molecule has 0 bridgehead atoms. The Morgan fingerprint density at radius 3 is 3.11 bits per heavy atom. The highest BCUT2D eigenvalue weighted by Crippen LogP contribution is 2.20. The molecule has 3 heterocycles. The summed E-state index contributed by atoms with van der Waals surface area (Å²) < 4.78 is 0. The van der Waals surface area contributed by atoms with Gasteiger partial charge in [0.05, 0.1) is 5.69 Å². The molecule has 0 aliphatic carbocycles. The van der Waals surface area contributed by atoms with Gasteiger partial charge in [-0.1, -0.05) is 0 Å². The lowest BCUT2D eigenvalue weighted by Crippen LogP contribution is -2.30. The van der Waals surface area contributed by atoms with E-state index in [9.17, 15) is 0 Å². The third-order valence-corrected chi connectivity index (χ3v) is 4.64. The van der Waals surface area contributed by atoms with E-state index in [0.29, 0.717) is 0 Å². The summed E-state index contributed by atoms with van der Waals surface area (Å²) in [5.74, 6) is 0. The van der Waals surface area contributed by atoms with E-state index < -0.39 is 0 Å². The standard InChI is InChI=1S/C14H20N4S/c1-17-5-2-6-18(9-8-17)7-3-13-12-4-10-19-14(12)16-11-15-13/h4,10-11H,2-3,5-9H2,1H3. The number of rotatable bonds is 3. The van der Waals surface area contributed by atoms with E-state index in [4.69, 9.17) is 0 Å². The van der Waals surface area contributed by atoms with Gasteiger partial charge in [0, 0.05) is 31.4 Å². The molecule has 0 N–H and O–H groups in total. The van der Waals surface area contributed by atoms with Gasteiger partial charge in [0.25, 0.3) is 0 Å². The Hall–Kier alpha value is -1.04. The second kappa shape index (κ2) is 5.94. The van der Waals surface area contributed by atoms with E-state index >= 15 is 0 Å². The number of likely N-dealkylation sites (N-methyl/N-ethyl adjacent to an activating group) is 1. The molecule has 2 aromatic rings. The Bertz CT molecular complexity index is 539. The van der Waals surface area contributed by atoms with Crippen LogP contribution in [-0.2, 0) is 6.42 Å². The Kier molecular flexibility index (Phi) is 4.06. The zero-order valence-electron chi connectivity index (χ0n) is 11.4. The molecule has 1 aliphatic heterocycles. The van der Waals surface area contributed by atoms with E-state index in [0.717, 1.165) is 17.8 Å². The molecule has 0 amide bonds. The van der Waals surface area contributed by atoms with Crippen LogP contribution in [0.15, 0.2) is 17.8 Å². The van der Waals surface area contributed by atoms with Crippen molar-refractivity contribution in [2.24, 2.45) is 0 Å². The van der Waals surface area contributed by atoms with E-state index in [1.165, 1.54) is 43.7 Å². The van der Waals surface area contributed by atoms with Crippen LogP contribution in [0.1, 0.15) is 12.1 Å². The van der Waals surface area contributed by atoms with Crippen LogP contribution in [0.25, 0.3) is 10.2 Å². The average Bonchev–Trinajstić information content (AvgIpc) is 2.81. The summed E-state index contributed by atoms with van der Waals surface area (Å²) in [5.41, 5.74) is 1.20. The highest BCUT2D eigenvalue weighted by Gasteiger charge is 2.13. The number of aromatic nitrogens is 2. The van der Waals surface area contributed by atoms with Crippen LogP contribution in [0.5, 0.6) is 0 Å². The lowest BCUT2D eigenvalue weighted by Gasteiger charge is -2.19. The molecule has 2 aromatic heterocycles. The average molecular weight is 276 g/mol. The van der Waals surface area contributed by atoms with Gasteiger partial charge in [-0.05, 0) is 38.0 Å². The Labute approximate surface area is 118 Å². The first-order chi connectivity index (χ1) is 9.33. The fourth-order valence-electron chi connectivity index (χ4n) is 2.63. The summed E-state index contributed by atoms with van der Waals surface area (Å²) in [6.07, 6.45) is 4.00. The van der Waals surface area contributed by atoms with Crippen molar-refractivity contribution in [1.29, 1.82) is 0 Å². The summed E-state index contributed by atoms with van der Waals surface area (Å²) in [5, 5.41) is 3.34. The van der Waals surface area contributed by atoms with E-state index in [1.807, 2.05) is 0 Å². The highest BCUT2D eigenvalue weighted by molar-refractivity contribution is 7.16. The third kappa shape index (κ3) is 3.11. The molecule has 1 aliphatic rings. The van der Waals surface area contributed by atoms with Crippen molar-refractivity contribution in [3.63, 3.8) is 0 Å². The molecule has 3 rings (SSSR count). The molecule has 0 aromatic carbocycles. The molecule has 0 saturated carbocycles. The molecule has 4 nitrogen and oxygen atoms in total. The van der Waals surface area contributed by atoms with Crippen LogP contribution in [0.3, 0.4) is 0 Å². The summed E-state index contributed by atoms with van der Waals surface area (Å²) in [7, 11) is 2.21. The van der Waals surface area contributed by atoms with E-state index in [1.54, 1.807) is 17.7 Å². The van der Waals surface area contributed by atoms with Crippen LogP contribution in [0, 0.1) is 0 Å². The SMILES string of the molecule is CN1CCCN(CCc2ncnc3sccc23)CC1. The maximum absolute atomic E-state index is 4.46. The molecule has 5 heteroatoms. The molecule has 0 unspecified atom stereocenters. The van der Waals surface area contributed by atoms with Gasteiger partial charge in [-0.2, -0.15) is 0 Å². The molecule has 19 heavy (non-hydrogen) atoms. The molecule has 0 spiro atoms. The van der Waals surface area contributed by atoms with E-state index in [-0.39, 0.29) is 0 Å². The van der Waals surface area contributed by atoms with Gasteiger partial charge in [0.15, 0.2) is 0 Å². The minimum absolute atomic E-state index is 1.03. The van der Waals surface area contributed by atoms with Crippen LogP contribution in [0.4, 0.5) is 0 Å². The maximum Gasteiger partial charge on any atom is 0.126 e. The van der Waals surface area contributed by atoms with Gasteiger partial charge < -0.3 is 9.80 Å². The first-order valence-corrected chi connectivity index (χ1v) is 7.79. The topological polar surface area (TPSA) is 32.3 Å². The van der Waals surface area contributed by atoms with Gasteiger partial charge in [-0.3, -0.25) is 0 Å². The molecule has 0 atom stereocenters. The zero-order valence-corrected chi connectivity index (χ0v) is 12.2. The first-order valence-electron chi connectivity index (χ1n) is 6.91. The van der Waals surface area contributed by atoms with Crippen molar-refractivity contribution in [1.82, 2.24) is 19.8 Å². The number of thiophene rings is 1. The van der Waals surface area contributed by atoms with Gasteiger partial charge in [-0.15, -0.1) is 11.3 Å². The second-order valence-corrected chi connectivity index (χ2v) is 6.10. The normalized spacial score (nSPS) is 18.8.